The predicted octanol–water partition coefficient (Wildman–Crippen LogP) is 0.171. The fraction of sp³-hybridized carbons (Fsp3) is 0.875. The normalized spacial score (nSPS) is 22.7. The van der Waals surface area contributed by atoms with Crippen molar-refractivity contribution in [3.05, 3.63) is 0 Å². The van der Waals surface area contributed by atoms with Gasteiger partial charge < -0.3 is 10.6 Å². The number of hydrogen-bond donors (Lipinski definition) is 2. The summed E-state index contributed by atoms with van der Waals surface area (Å²) in [6.07, 6.45) is 2.04. The molecule has 13 heavy (non-hydrogen) atoms. The first-order chi connectivity index (χ1) is 6.34. The molecule has 0 aromatic carbocycles. The van der Waals surface area contributed by atoms with Gasteiger partial charge in [-0.1, -0.05) is 0 Å². The third kappa shape index (κ3) is 4.24. The Balaban J connectivity index is 2.13. The van der Waals surface area contributed by atoms with E-state index >= 15 is 0 Å². The Morgan fingerprint density at radius 3 is 3.23 bits per heavy atom. The van der Waals surface area contributed by atoms with Crippen molar-refractivity contribution in [1.29, 1.82) is 0 Å². The molecular weight excluding hydrogens is 204 g/mol. The Morgan fingerprint density at radius 1 is 1.77 bits per heavy atom. The Morgan fingerprint density at radius 2 is 2.62 bits per heavy atom. The van der Waals surface area contributed by atoms with Crippen LogP contribution in [0.1, 0.15) is 0 Å². The van der Waals surface area contributed by atoms with Crippen LogP contribution in [-0.2, 0) is 4.79 Å². The lowest BCUT2D eigenvalue weighted by atomic mass is 10.3. The van der Waals surface area contributed by atoms with E-state index in [4.69, 9.17) is 0 Å². The molecule has 0 radical (unpaired) electrons. The second-order valence-corrected chi connectivity index (χ2v) is 5.00. The molecule has 1 saturated heterocycles. The van der Waals surface area contributed by atoms with Crippen LogP contribution >= 0.6 is 23.5 Å². The van der Waals surface area contributed by atoms with Gasteiger partial charge >= 0.3 is 0 Å². The molecule has 1 heterocycles. The SMILES string of the molecule is CSCCNC(=O)C1CSCCN1. The number of carbonyl (C=O) groups excluding carboxylic acids is 1. The number of thioether (sulfide) groups is 2. The third-order valence-electron chi connectivity index (χ3n) is 1.84. The van der Waals surface area contributed by atoms with Gasteiger partial charge in [-0.3, -0.25) is 4.79 Å². The fourth-order valence-corrected chi connectivity index (χ4v) is 2.37. The monoisotopic (exact) mass is 220 g/mol. The van der Waals surface area contributed by atoms with E-state index in [-0.39, 0.29) is 11.9 Å². The molecule has 1 unspecified atom stereocenters. The van der Waals surface area contributed by atoms with Crippen LogP contribution in [0.2, 0.25) is 0 Å². The summed E-state index contributed by atoms with van der Waals surface area (Å²) in [4.78, 5) is 11.5. The van der Waals surface area contributed by atoms with Crippen LogP contribution in [0.15, 0.2) is 0 Å². The van der Waals surface area contributed by atoms with Crippen molar-refractivity contribution >= 4 is 29.4 Å². The average molecular weight is 220 g/mol. The van der Waals surface area contributed by atoms with Gasteiger partial charge in [0.1, 0.15) is 0 Å². The molecule has 3 nitrogen and oxygen atoms in total. The molecular formula is C8H16N2OS2. The van der Waals surface area contributed by atoms with Gasteiger partial charge in [0.15, 0.2) is 0 Å². The molecule has 0 bridgehead atoms. The van der Waals surface area contributed by atoms with E-state index in [2.05, 4.69) is 10.6 Å². The first-order valence-electron chi connectivity index (χ1n) is 4.42. The molecule has 1 aliphatic heterocycles. The second kappa shape index (κ2) is 6.56. The topological polar surface area (TPSA) is 41.1 Å². The van der Waals surface area contributed by atoms with Crippen LogP contribution in [0.25, 0.3) is 0 Å². The average Bonchev–Trinajstić information content (AvgIpc) is 2.19. The number of carbonyl (C=O) groups is 1. The maximum atomic E-state index is 11.5. The molecule has 1 aliphatic rings. The van der Waals surface area contributed by atoms with Gasteiger partial charge in [-0.05, 0) is 6.26 Å². The van der Waals surface area contributed by atoms with Crippen molar-refractivity contribution in [2.45, 2.75) is 6.04 Å². The molecule has 1 fully saturated rings. The summed E-state index contributed by atoms with van der Waals surface area (Å²) in [6.45, 7) is 1.73. The Kier molecular flexibility index (Phi) is 5.66. The van der Waals surface area contributed by atoms with Crippen molar-refractivity contribution in [1.82, 2.24) is 10.6 Å². The third-order valence-corrected chi connectivity index (χ3v) is 3.52. The van der Waals surface area contributed by atoms with Gasteiger partial charge in [-0.25, -0.2) is 0 Å². The predicted molar refractivity (Wildman–Crippen MR) is 60.5 cm³/mol. The van der Waals surface area contributed by atoms with Crippen LogP contribution in [0.4, 0.5) is 0 Å². The highest BCUT2D eigenvalue weighted by molar-refractivity contribution is 7.99. The largest absolute Gasteiger partial charge is 0.354 e. The highest BCUT2D eigenvalue weighted by Gasteiger charge is 2.19. The minimum Gasteiger partial charge on any atom is -0.354 e. The number of nitrogens with one attached hydrogen (secondary N) is 2. The number of hydrogen-bond acceptors (Lipinski definition) is 4. The molecule has 2 N–H and O–H groups in total. The molecule has 0 spiro atoms. The van der Waals surface area contributed by atoms with E-state index in [1.807, 2.05) is 18.0 Å². The molecule has 0 aliphatic carbocycles. The summed E-state index contributed by atoms with van der Waals surface area (Å²) in [7, 11) is 0. The van der Waals surface area contributed by atoms with Crippen molar-refractivity contribution in [3.63, 3.8) is 0 Å². The minimum absolute atomic E-state index is 0.0283. The Bertz CT molecular complexity index is 160. The molecule has 0 aromatic heterocycles. The first kappa shape index (κ1) is 11.2. The van der Waals surface area contributed by atoms with Crippen LogP contribution in [0.3, 0.4) is 0 Å². The lowest BCUT2D eigenvalue weighted by Crippen LogP contribution is -2.49. The van der Waals surface area contributed by atoms with Gasteiger partial charge in [-0.15, -0.1) is 0 Å². The standard InChI is InChI=1S/C8H16N2OS2/c1-12-4-2-10-8(11)7-6-13-5-3-9-7/h7,9H,2-6H2,1H3,(H,10,11). The Labute approximate surface area is 87.8 Å². The summed E-state index contributed by atoms with van der Waals surface area (Å²) in [5, 5.41) is 6.12. The van der Waals surface area contributed by atoms with Crippen molar-refractivity contribution in [3.8, 4) is 0 Å². The quantitative estimate of drug-likeness (QED) is 0.663. The lowest BCUT2D eigenvalue weighted by molar-refractivity contribution is -0.122. The zero-order valence-electron chi connectivity index (χ0n) is 7.84. The van der Waals surface area contributed by atoms with Gasteiger partial charge in [0.2, 0.25) is 5.91 Å². The van der Waals surface area contributed by atoms with Crippen LogP contribution in [-0.4, -0.2) is 48.6 Å². The van der Waals surface area contributed by atoms with Gasteiger partial charge in [0.25, 0.3) is 0 Å². The highest BCUT2D eigenvalue weighted by atomic mass is 32.2. The zero-order valence-corrected chi connectivity index (χ0v) is 9.47. The van der Waals surface area contributed by atoms with Gasteiger partial charge in [-0.2, -0.15) is 23.5 Å². The van der Waals surface area contributed by atoms with Gasteiger partial charge in [0, 0.05) is 30.3 Å². The summed E-state index contributed by atoms with van der Waals surface area (Å²) in [5.41, 5.74) is 0. The fourth-order valence-electron chi connectivity index (χ4n) is 1.13. The van der Waals surface area contributed by atoms with E-state index in [1.54, 1.807) is 11.8 Å². The van der Waals surface area contributed by atoms with Crippen molar-refractivity contribution in [2.75, 3.05) is 36.6 Å². The van der Waals surface area contributed by atoms with Crippen molar-refractivity contribution < 1.29 is 4.79 Å². The molecule has 1 amide bonds. The lowest BCUT2D eigenvalue weighted by Gasteiger charge is -2.22. The van der Waals surface area contributed by atoms with Gasteiger partial charge in [0.05, 0.1) is 6.04 Å². The minimum atomic E-state index is 0.0283. The maximum Gasteiger partial charge on any atom is 0.238 e. The van der Waals surface area contributed by atoms with E-state index in [0.29, 0.717) is 0 Å². The molecule has 76 valence electrons. The van der Waals surface area contributed by atoms with Crippen LogP contribution in [0, 0.1) is 0 Å². The second-order valence-electron chi connectivity index (χ2n) is 2.87. The number of amides is 1. The smallest absolute Gasteiger partial charge is 0.238 e. The molecule has 1 atom stereocenters. The summed E-state index contributed by atoms with van der Waals surface area (Å²) >= 11 is 3.59. The summed E-state index contributed by atoms with van der Waals surface area (Å²) in [5.74, 6) is 3.17. The summed E-state index contributed by atoms with van der Waals surface area (Å²) in [6, 6.07) is 0.0283. The summed E-state index contributed by atoms with van der Waals surface area (Å²) < 4.78 is 0. The molecule has 5 heteroatoms. The molecule has 0 aromatic rings. The van der Waals surface area contributed by atoms with E-state index < -0.39 is 0 Å². The molecule has 1 rings (SSSR count). The van der Waals surface area contributed by atoms with Crippen molar-refractivity contribution in [2.24, 2.45) is 0 Å². The van der Waals surface area contributed by atoms with E-state index in [9.17, 15) is 4.79 Å². The van der Waals surface area contributed by atoms with Crippen LogP contribution < -0.4 is 10.6 Å². The Hall–Kier alpha value is 0.130. The molecule has 0 saturated carbocycles. The van der Waals surface area contributed by atoms with E-state index in [0.717, 1.165) is 30.3 Å². The first-order valence-corrected chi connectivity index (χ1v) is 6.97. The van der Waals surface area contributed by atoms with Crippen LogP contribution in [0.5, 0.6) is 0 Å². The van der Waals surface area contributed by atoms with E-state index in [1.165, 1.54) is 0 Å². The zero-order chi connectivity index (χ0) is 9.52. The maximum absolute atomic E-state index is 11.5. The highest BCUT2D eigenvalue weighted by Crippen LogP contribution is 2.07. The number of rotatable bonds is 4.